The van der Waals surface area contributed by atoms with Crippen LogP contribution in [0.5, 0.6) is 0 Å². The van der Waals surface area contributed by atoms with Gasteiger partial charge in [0, 0.05) is 18.5 Å². The van der Waals surface area contributed by atoms with E-state index in [-0.39, 0.29) is 0 Å². The molecule has 1 heterocycles. The topological polar surface area (TPSA) is 3.24 Å². The van der Waals surface area contributed by atoms with Gasteiger partial charge in [-0.25, -0.2) is 0 Å². The molecule has 100 valence electrons. The lowest BCUT2D eigenvalue weighted by Crippen LogP contribution is -2.40. The van der Waals surface area contributed by atoms with Crippen molar-refractivity contribution in [2.45, 2.75) is 83.1 Å². The van der Waals surface area contributed by atoms with E-state index in [0.717, 1.165) is 6.42 Å². The molecule has 1 aliphatic carbocycles. The third-order valence-corrected chi connectivity index (χ3v) is 4.99. The summed E-state index contributed by atoms with van der Waals surface area (Å²) in [7, 11) is 6.29. The van der Waals surface area contributed by atoms with Crippen LogP contribution in [0.2, 0.25) is 5.82 Å². The van der Waals surface area contributed by atoms with Crippen LogP contribution < -0.4 is 0 Å². The number of hydrogen-bond acceptors (Lipinski definition) is 1. The molecule has 0 spiro atoms. The average molecular weight is 263 g/mol. The van der Waals surface area contributed by atoms with E-state index in [0.29, 0.717) is 23.8 Å². The smallest absolute Gasteiger partial charge is 0.0787 e. The van der Waals surface area contributed by atoms with Crippen LogP contribution >= 0.6 is 12.2 Å². The summed E-state index contributed by atoms with van der Waals surface area (Å²) < 4.78 is 0. The van der Waals surface area contributed by atoms with Gasteiger partial charge in [-0.05, 0) is 26.2 Å². The second-order valence-electron chi connectivity index (χ2n) is 6.41. The van der Waals surface area contributed by atoms with Crippen molar-refractivity contribution in [3.05, 3.63) is 0 Å². The molecule has 2 aliphatic rings. The van der Waals surface area contributed by atoms with Gasteiger partial charge >= 0.3 is 0 Å². The summed E-state index contributed by atoms with van der Waals surface area (Å²) in [6.07, 6.45) is 10.2. The Labute approximate surface area is 119 Å². The zero-order valence-corrected chi connectivity index (χ0v) is 12.7. The minimum Gasteiger partial charge on any atom is -0.360 e. The Morgan fingerprint density at radius 2 is 1.83 bits per heavy atom. The van der Waals surface area contributed by atoms with Crippen molar-refractivity contribution in [1.29, 1.82) is 0 Å². The molecule has 3 atom stereocenters. The molecule has 1 saturated heterocycles. The number of likely N-dealkylation sites (tertiary alicyclic amines) is 1. The highest BCUT2D eigenvalue weighted by atomic mass is 32.1. The minimum absolute atomic E-state index is 0.394. The van der Waals surface area contributed by atoms with E-state index >= 15 is 0 Å². The fraction of sp³-hybridized carbons (Fsp3) is 0.933. The van der Waals surface area contributed by atoms with E-state index in [1.807, 2.05) is 0 Å². The van der Waals surface area contributed by atoms with Crippen molar-refractivity contribution in [3.63, 3.8) is 0 Å². The molecule has 0 amide bonds. The first kappa shape index (κ1) is 14.4. The Bertz CT molecular complexity index is 292. The molecule has 18 heavy (non-hydrogen) atoms. The van der Waals surface area contributed by atoms with E-state index in [2.05, 4.69) is 18.7 Å². The van der Waals surface area contributed by atoms with Crippen LogP contribution in [0.4, 0.5) is 0 Å². The lowest BCUT2D eigenvalue weighted by Gasteiger charge is -2.34. The molecule has 3 unspecified atom stereocenters. The average Bonchev–Trinajstić information content (AvgIpc) is 2.60. The Hall–Kier alpha value is -0.0451. The molecule has 1 nitrogen and oxygen atoms in total. The Morgan fingerprint density at radius 1 is 1.17 bits per heavy atom. The van der Waals surface area contributed by atoms with Crippen molar-refractivity contribution in [2.24, 2.45) is 5.92 Å². The van der Waals surface area contributed by atoms with Crippen LogP contribution in [-0.4, -0.2) is 29.8 Å². The van der Waals surface area contributed by atoms with Crippen LogP contribution in [-0.2, 0) is 0 Å². The summed E-state index contributed by atoms with van der Waals surface area (Å²) in [5.74, 6) is 1.11. The van der Waals surface area contributed by atoms with Crippen LogP contribution in [0, 0.1) is 5.92 Å². The van der Waals surface area contributed by atoms with Gasteiger partial charge in [-0.3, -0.25) is 0 Å². The van der Waals surface area contributed by atoms with Gasteiger partial charge in [0.05, 0.1) is 12.8 Å². The lowest BCUT2D eigenvalue weighted by atomic mass is 9.73. The minimum atomic E-state index is 0.394. The summed E-state index contributed by atoms with van der Waals surface area (Å²) in [6, 6.07) is 1.22. The quantitative estimate of drug-likeness (QED) is 0.517. The molecule has 2 radical (unpaired) electrons. The molecule has 1 aliphatic heterocycles. The summed E-state index contributed by atoms with van der Waals surface area (Å²) in [5.41, 5.74) is 0. The van der Waals surface area contributed by atoms with Crippen LogP contribution in [0.25, 0.3) is 0 Å². The number of fused-ring (bicyclic) bond motifs is 1. The van der Waals surface area contributed by atoms with Gasteiger partial charge in [0.1, 0.15) is 0 Å². The molecule has 3 heteroatoms. The Balaban J connectivity index is 2.09. The second kappa shape index (κ2) is 6.41. The normalized spacial score (nSPS) is 34.7. The highest BCUT2D eigenvalue weighted by molar-refractivity contribution is 7.80. The van der Waals surface area contributed by atoms with Crippen molar-refractivity contribution < 1.29 is 0 Å². The van der Waals surface area contributed by atoms with E-state index < -0.39 is 0 Å². The van der Waals surface area contributed by atoms with Crippen molar-refractivity contribution >= 4 is 25.1 Å². The second-order valence-corrected chi connectivity index (χ2v) is 6.88. The van der Waals surface area contributed by atoms with Crippen LogP contribution in [0.15, 0.2) is 0 Å². The van der Waals surface area contributed by atoms with Crippen molar-refractivity contribution in [1.82, 2.24) is 4.90 Å². The maximum Gasteiger partial charge on any atom is 0.0787 e. The highest BCUT2D eigenvalue weighted by Crippen LogP contribution is 2.38. The predicted molar refractivity (Wildman–Crippen MR) is 83.3 cm³/mol. The largest absolute Gasteiger partial charge is 0.360 e. The van der Waals surface area contributed by atoms with Crippen LogP contribution in [0.1, 0.15) is 65.2 Å². The summed E-state index contributed by atoms with van der Waals surface area (Å²) >= 11 is 5.61. The summed E-state index contributed by atoms with van der Waals surface area (Å²) in [5, 5.41) is 0. The SMILES string of the molecule is [B]C1CCCCCCC2C(CC(=S)N2C(C)C)C1. The molecular weight excluding hydrogens is 237 g/mol. The van der Waals surface area contributed by atoms with Gasteiger partial charge in [0.15, 0.2) is 0 Å². The molecule has 2 rings (SSSR count). The maximum absolute atomic E-state index is 6.29. The Kier molecular flexibility index (Phi) is 5.11. The van der Waals surface area contributed by atoms with E-state index in [1.54, 1.807) is 0 Å². The van der Waals surface area contributed by atoms with Gasteiger partial charge in [0.25, 0.3) is 0 Å². The maximum atomic E-state index is 6.29. The first-order chi connectivity index (χ1) is 8.59. The Morgan fingerprint density at radius 3 is 2.50 bits per heavy atom. The van der Waals surface area contributed by atoms with Gasteiger partial charge in [-0.15, -0.1) is 0 Å². The molecule has 0 aromatic heterocycles. The molecule has 1 saturated carbocycles. The third-order valence-electron chi connectivity index (χ3n) is 4.61. The molecule has 0 bridgehead atoms. The van der Waals surface area contributed by atoms with Gasteiger partial charge in [-0.1, -0.05) is 56.6 Å². The van der Waals surface area contributed by atoms with Gasteiger partial charge in [-0.2, -0.15) is 0 Å². The molecule has 2 fully saturated rings. The first-order valence-corrected chi connectivity index (χ1v) is 8.07. The standard InChI is InChI=1S/C15H26BNS/c1-11(2)17-14-8-6-4-3-5-7-13(16)9-12(14)10-15(17)18/h11-14H,3-10H2,1-2H3. The zero-order chi connectivity index (χ0) is 13.1. The van der Waals surface area contributed by atoms with E-state index in [4.69, 9.17) is 20.1 Å². The molecule has 0 aromatic carbocycles. The number of rotatable bonds is 1. The number of nitrogens with zero attached hydrogens (tertiary/aromatic N) is 1. The van der Waals surface area contributed by atoms with E-state index in [1.165, 1.54) is 49.9 Å². The highest BCUT2D eigenvalue weighted by Gasteiger charge is 2.38. The fourth-order valence-corrected chi connectivity index (χ4v) is 4.34. The van der Waals surface area contributed by atoms with Crippen molar-refractivity contribution in [3.8, 4) is 0 Å². The molecular formula is C15H26BNS. The fourth-order valence-electron chi connectivity index (χ4n) is 3.78. The number of hydrogen-bond donors (Lipinski definition) is 0. The van der Waals surface area contributed by atoms with Gasteiger partial charge in [0.2, 0.25) is 0 Å². The summed E-state index contributed by atoms with van der Waals surface area (Å²) in [6.45, 7) is 4.54. The van der Waals surface area contributed by atoms with E-state index in [9.17, 15) is 0 Å². The first-order valence-electron chi connectivity index (χ1n) is 7.66. The molecule has 0 N–H and O–H groups in total. The summed E-state index contributed by atoms with van der Waals surface area (Å²) in [4.78, 5) is 3.69. The van der Waals surface area contributed by atoms with Gasteiger partial charge < -0.3 is 4.90 Å². The third kappa shape index (κ3) is 3.29. The van der Waals surface area contributed by atoms with Crippen molar-refractivity contribution in [2.75, 3.05) is 0 Å². The predicted octanol–water partition coefficient (Wildman–Crippen LogP) is 4.11. The zero-order valence-electron chi connectivity index (χ0n) is 11.9. The number of thiocarbonyl (C=S) groups is 1. The monoisotopic (exact) mass is 263 g/mol. The van der Waals surface area contributed by atoms with Crippen LogP contribution in [0.3, 0.4) is 0 Å². The molecule has 0 aromatic rings. The lowest BCUT2D eigenvalue weighted by molar-refractivity contribution is 0.209.